The van der Waals surface area contributed by atoms with Gasteiger partial charge in [-0.2, -0.15) is 8.42 Å². The molecule has 1 aromatic rings. The molecule has 1 aliphatic carbocycles. The summed E-state index contributed by atoms with van der Waals surface area (Å²) in [5, 5.41) is 1.98. The lowest BCUT2D eigenvalue weighted by atomic mass is 10.3. The van der Waals surface area contributed by atoms with E-state index >= 15 is 0 Å². The van der Waals surface area contributed by atoms with E-state index in [1.807, 2.05) is 24.4 Å². The lowest BCUT2D eigenvalue weighted by Crippen LogP contribution is -2.02. The normalized spacial score (nSPS) is 13.6. The predicted molar refractivity (Wildman–Crippen MR) is 93.1 cm³/mol. The molecule has 22 heavy (non-hydrogen) atoms. The fraction of sp³-hybridized carbons (Fsp3) is 0.688. The summed E-state index contributed by atoms with van der Waals surface area (Å²) in [6.45, 7) is 3.48. The standard InChI is InChI=1S/C7H8OS.C5H10.C4H10O3S/c1-6(8)5-7-3-2-4-9-7;1-2-4-5-3-1;1-2-3-4-8(5,6)7/h2-4H,5H2,1H3;1-5H2;2-4H2,1H3,(H,5,6,7). The third-order valence-electron chi connectivity index (χ3n) is 3.01. The van der Waals surface area contributed by atoms with Crippen LogP contribution in [0.1, 0.15) is 63.7 Å². The minimum atomic E-state index is -3.69. The summed E-state index contributed by atoms with van der Waals surface area (Å²) in [5.74, 6) is 0.126. The van der Waals surface area contributed by atoms with Crippen LogP contribution in [-0.4, -0.2) is 24.5 Å². The predicted octanol–water partition coefficient (Wildman–Crippen LogP) is 4.50. The number of thiophene rings is 1. The van der Waals surface area contributed by atoms with Gasteiger partial charge < -0.3 is 0 Å². The van der Waals surface area contributed by atoms with Crippen LogP contribution in [0.4, 0.5) is 0 Å². The zero-order chi connectivity index (χ0) is 16.8. The van der Waals surface area contributed by atoms with Crippen molar-refractivity contribution in [1.82, 2.24) is 0 Å². The highest BCUT2D eigenvalue weighted by atomic mass is 32.2. The molecule has 0 aliphatic heterocycles. The van der Waals surface area contributed by atoms with Crippen LogP contribution in [0.2, 0.25) is 0 Å². The third-order valence-corrected chi connectivity index (χ3v) is 4.69. The summed E-state index contributed by atoms with van der Waals surface area (Å²) in [7, 11) is -3.69. The zero-order valence-corrected chi connectivity index (χ0v) is 15.2. The molecular weight excluding hydrogens is 320 g/mol. The zero-order valence-electron chi connectivity index (χ0n) is 13.6. The van der Waals surface area contributed by atoms with Crippen LogP contribution in [-0.2, 0) is 21.3 Å². The fourth-order valence-corrected chi connectivity index (χ4v) is 3.30. The van der Waals surface area contributed by atoms with Crippen LogP contribution < -0.4 is 0 Å². The minimum absolute atomic E-state index is 0.108. The first-order chi connectivity index (χ1) is 10.3. The highest BCUT2D eigenvalue weighted by Crippen LogP contribution is 2.15. The lowest BCUT2D eigenvalue weighted by Gasteiger charge is -1.90. The number of carbonyl (C=O) groups excluding carboxylic acids is 1. The van der Waals surface area contributed by atoms with Gasteiger partial charge in [0.15, 0.2) is 0 Å². The minimum Gasteiger partial charge on any atom is -0.300 e. The molecular formula is C16H28O4S2. The first-order valence-corrected chi connectivity index (χ1v) is 10.3. The highest BCUT2D eigenvalue weighted by Gasteiger charge is 2.00. The van der Waals surface area contributed by atoms with Crippen molar-refractivity contribution >= 4 is 27.2 Å². The first-order valence-electron chi connectivity index (χ1n) is 7.82. The Balaban J connectivity index is 0.000000312. The van der Waals surface area contributed by atoms with Gasteiger partial charge >= 0.3 is 0 Å². The summed E-state index contributed by atoms with van der Waals surface area (Å²) in [4.78, 5) is 11.7. The van der Waals surface area contributed by atoms with Crippen LogP contribution in [0.5, 0.6) is 0 Å². The number of Topliss-reactive ketones (excluding diaryl/α,β-unsaturated/α-hetero) is 1. The van der Waals surface area contributed by atoms with Crippen molar-refractivity contribution in [2.24, 2.45) is 0 Å². The molecule has 0 spiro atoms. The van der Waals surface area contributed by atoms with Crippen LogP contribution in [0.3, 0.4) is 0 Å². The van der Waals surface area contributed by atoms with Crippen LogP contribution >= 0.6 is 11.3 Å². The molecule has 0 aromatic carbocycles. The summed E-state index contributed by atoms with van der Waals surface area (Å²) >= 11 is 1.63. The SMILES string of the molecule is C1CCCC1.CC(=O)Cc1cccs1.CCCCS(=O)(=O)O. The van der Waals surface area contributed by atoms with Gasteiger partial charge in [-0.3, -0.25) is 9.35 Å². The highest BCUT2D eigenvalue weighted by molar-refractivity contribution is 7.85. The maximum absolute atomic E-state index is 10.5. The molecule has 1 N–H and O–H groups in total. The number of hydrogen-bond donors (Lipinski definition) is 1. The van der Waals surface area contributed by atoms with Crippen molar-refractivity contribution in [3.63, 3.8) is 0 Å². The molecule has 0 saturated heterocycles. The van der Waals surface area contributed by atoms with Crippen molar-refractivity contribution in [2.45, 2.75) is 65.2 Å². The molecule has 1 aliphatic rings. The third kappa shape index (κ3) is 15.7. The van der Waals surface area contributed by atoms with Gasteiger partial charge in [0.25, 0.3) is 10.1 Å². The summed E-state index contributed by atoms with van der Waals surface area (Å²) in [5.41, 5.74) is 0. The van der Waals surface area contributed by atoms with Gasteiger partial charge in [-0.05, 0) is 24.8 Å². The molecule has 1 fully saturated rings. The molecule has 0 radical (unpaired) electrons. The van der Waals surface area contributed by atoms with Gasteiger partial charge in [-0.15, -0.1) is 11.3 Å². The van der Waals surface area contributed by atoms with Crippen molar-refractivity contribution in [1.29, 1.82) is 0 Å². The monoisotopic (exact) mass is 348 g/mol. The molecule has 0 amide bonds. The number of rotatable bonds is 5. The van der Waals surface area contributed by atoms with Crippen molar-refractivity contribution in [2.75, 3.05) is 5.75 Å². The molecule has 0 bridgehead atoms. The van der Waals surface area contributed by atoms with E-state index in [1.165, 1.54) is 32.1 Å². The number of ketones is 1. The van der Waals surface area contributed by atoms with E-state index in [0.717, 1.165) is 11.3 Å². The summed E-state index contributed by atoms with van der Waals surface area (Å²) in [6.07, 6.45) is 9.43. The van der Waals surface area contributed by atoms with E-state index in [9.17, 15) is 13.2 Å². The summed E-state index contributed by atoms with van der Waals surface area (Å²) in [6, 6.07) is 3.94. The Kier molecular flexibility index (Phi) is 12.4. The second-order valence-corrected chi connectivity index (χ2v) is 7.97. The quantitative estimate of drug-likeness (QED) is 0.795. The summed E-state index contributed by atoms with van der Waals surface area (Å²) < 4.78 is 28.0. The van der Waals surface area contributed by atoms with Gasteiger partial charge in [0.1, 0.15) is 5.78 Å². The average molecular weight is 349 g/mol. The molecule has 2 rings (SSSR count). The van der Waals surface area contributed by atoms with E-state index in [-0.39, 0.29) is 11.5 Å². The molecule has 0 unspecified atom stereocenters. The van der Waals surface area contributed by atoms with Gasteiger partial charge in [-0.25, -0.2) is 0 Å². The lowest BCUT2D eigenvalue weighted by molar-refractivity contribution is -0.116. The molecule has 4 nitrogen and oxygen atoms in total. The van der Waals surface area contributed by atoms with Crippen molar-refractivity contribution < 1.29 is 17.8 Å². The smallest absolute Gasteiger partial charge is 0.264 e. The second-order valence-electron chi connectivity index (χ2n) is 5.37. The Bertz CT molecular complexity index is 467. The van der Waals surface area contributed by atoms with Gasteiger partial charge in [0.2, 0.25) is 0 Å². The Morgan fingerprint density at radius 2 is 1.77 bits per heavy atom. The van der Waals surface area contributed by atoms with Gasteiger partial charge in [-0.1, -0.05) is 51.5 Å². The van der Waals surface area contributed by atoms with E-state index in [0.29, 0.717) is 12.8 Å². The molecule has 1 aromatic heterocycles. The van der Waals surface area contributed by atoms with Gasteiger partial charge in [0, 0.05) is 11.3 Å². The largest absolute Gasteiger partial charge is 0.300 e. The van der Waals surface area contributed by atoms with E-state index in [2.05, 4.69) is 0 Å². The Labute approximate surface area is 138 Å². The Hall–Kier alpha value is -0.720. The topological polar surface area (TPSA) is 71.4 Å². The average Bonchev–Trinajstić information content (AvgIpc) is 3.10. The van der Waals surface area contributed by atoms with E-state index in [4.69, 9.17) is 4.55 Å². The van der Waals surface area contributed by atoms with Crippen LogP contribution in [0, 0.1) is 0 Å². The van der Waals surface area contributed by atoms with Gasteiger partial charge in [0.05, 0.1) is 5.75 Å². The van der Waals surface area contributed by atoms with Crippen molar-refractivity contribution in [3.8, 4) is 0 Å². The maximum atomic E-state index is 10.5. The first kappa shape index (κ1) is 21.3. The van der Waals surface area contributed by atoms with E-state index in [1.54, 1.807) is 18.3 Å². The van der Waals surface area contributed by atoms with Crippen LogP contribution in [0.25, 0.3) is 0 Å². The maximum Gasteiger partial charge on any atom is 0.264 e. The number of carbonyl (C=O) groups is 1. The number of unbranched alkanes of at least 4 members (excludes halogenated alkanes) is 1. The van der Waals surface area contributed by atoms with Crippen LogP contribution in [0.15, 0.2) is 17.5 Å². The second kappa shape index (κ2) is 12.8. The Morgan fingerprint density at radius 3 is 2.05 bits per heavy atom. The molecule has 128 valence electrons. The number of hydrogen-bond acceptors (Lipinski definition) is 4. The fourth-order valence-electron chi connectivity index (χ4n) is 1.87. The molecule has 6 heteroatoms. The van der Waals surface area contributed by atoms with Crippen molar-refractivity contribution in [3.05, 3.63) is 22.4 Å². The molecule has 1 heterocycles. The van der Waals surface area contributed by atoms with E-state index < -0.39 is 10.1 Å². The molecule has 1 saturated carbocycles. The molecule has 0 atom stereocenters. The Morgan fingerprint density at radius 1 is 1.23 bits per heavy atom.